The molecule has 0 saturated heterocycles. The van der Waals surface area contributed by atoms with Crippen molar-refractivity contribution < 1.29 is 13.9 Å². The van der Waals surface area contributed by atoms with Gasteiger partial charge in [0.25, 0.3) is 0 Å². The summed E-state index contributed by atoms with van der Waals surface area (Å²) in [4.78, 5) is 0. The van der Waals surface area contributed by atoms with Crippen molar-refractivity contribution in [2.75, 3.05) is 0 Å². The van der Waals surface area contributed by atoms with E-state index >= 15 is 0 Å². The topological polar surface area (TPSA) is 38.0 Å². The summed E-state index contributed by atoms with van der Waals surface area (Å²) in [6, 6.07) is 3.47. The molecule has 1 heterocycles. The molecule has 1 aromatic heterocycles. The van der Waals surface area contributed by atoms with Crippen molar-refractivity contribution in [1.82, 2.24) is 9.78 Å². The molecule has 1 N–H and O–H groups in total. The number of halogens is 3. The standard InChI is InChI=1S/C13H13ClF2N2O/c1-7-8(13(14)18(2)17-7)6-11(19)12-9(15)4-3-5-10(12)16/h3-5,11,19H,6H2,1-2H3. The molecule has 2 rings (SSSR count). The van der Waals surface area contributed by atoms with Gasteiger partial charge in [-0.15, -0.1) is 0 Å². The molecule has 3 nitrogen and oxygen atoms in total. The van der Waals surface area contributed by atoms with Crippen LogP contribution < -0.4 is 0 Å². The average molecular weight is 287 g/mol. The summed E-state index contributed by atoms with van der Waals surface area (Å²) in [5.74, 6) is -1.55. The molecule has 0 saturated carbocycles. The lowest BCUT2D eigenvalue weighted by Gasteiger charge is -2.12. The maximum Gasteiger partial charge on any atom is 0.131 e. The van der Waals surface area contributed by atoms with Gasteiger partial charge in [0.05, 0.1) is 17.4 Å². The molecule has 6 heteroatoms. The van der Waals surface area contributed by atoms with Crippen LogP contribution >= 0.6 is 11.6 Å². The van der Waals surface area contributed by atoms with Gasteiger partial charge in [-0.2, -0.15) is 5.10 Å². The van der Waals surface area contributed by atoms with Crippen molar-refractivity contribution in [2.45, 2.75) is 19.4 Å². The summed E-state index contributed by atoms with van der Waals surface area (Å²) in [6.45, 7) is 1.73. The molecule has 0 radical (unpaired) electrons. The lowest BCUT2D eigenvalue weighted by Crippen LogP contribution is -2.08. The van der Waals surface area contributed by atoms with E-state index in [0.29, 0.717) is 16.4 Å². The first-order valence-electron chi connectivity index (χ1n) is 5.71. The van der Waals surface area contributed by atoms with Gasteiger partial charge in [-0.3, -0.25) is 4.68 Å². The summed E-state index contributed by atoms with van der Waals surface area (Å²) in [5, 5.41) is 14.5. The van der Waals surface area contributed by atoms with Crippen molar-refractivity contribution in [3.8, 4) is 0 Å². The molecule has 0 bridgehead atoms. The highest BCUT2D eigenvalue weighted by Gasteiger charge is 2.21. The molecule has 1 unspecified atom stereocenters. The quantitative estimate of drug-likeness (QED) is 0.942. The van der Waals surface area contributed by atoms with Gasteiger partial charge in [-0.25, -0.2) is 8.78 Å². The van der Waals surface area contributed by atoms with Crippen LogP contribution in [0, 0.1) is 18.6 Å². The van der Waals surface area contributed by atoms with Gasteiger partial charge in [0.15, 0.2) is 0 Å². The van der Waals surface area contributed by atoms with Crippen LogP contribution in [0.4, 0.5) is 8.78 Å². The number of aryl methyl sites for hydroxylation is 2. The number of aromatic nitrogens is 2. The second kappa shape index (κ2) is 5.27. The predicted octanol–water partition coefficient (Wildman–Crippen LogP) is 2.94. The van der Waals surface area contributed by atoms with Gasteiger partial charge in [-0.05, 0) is 19.1 Å². The van der Waals surface area contributed by atoms with Gasteiger partial charge in [0.2, 0.25) is 0 Å². The highest BCUT2D eigenvalue weighted by atomic mass is 35.5. The van der Waals surface area contributed by atoms with Crippen molar-refractivity contribution >= 4 is 11.6 Å². The van der Waals surface area contributed by atoms with E-state index in [1.807, 2.05) is 0 Å². The maximum absolute atomic E-state index is 13.6. The lowest BCUT2D eigenvalue weighted by atomic mass is 10.0. The van der Waals surface area contributed by atoms with Gasteiger partial charge >= 0.3 is 0 Å². The van der Waals surface area contributed by atoms with Crippen LogP contribution in [0.2, 0.25) is 5.15 Å². The fraction of sp³-hybridized carbons (Fsp3) is 0.308. The summed E-state index contributed by atoms with van der Waals surface area (Å²) >= 11 is 6.03. The molecule has 0 aliphatic rings. The highest BCUT2D eigenvalue weighted by Crippen LogP contribution is 2.28. The molecule has 0 fully saturated rings. The van der Waals surface area contributed by atoms with E-state index in [2.05, 4.69) is 5.10 Å². The Morgan fingerprint density at radius 2 is 1.95 bits per heavy atom. The molecule has 1 atom stereocenters. The lowest BCUT2D eigenvalue weighted by molar-refractivity contribution is 0.168. The number of hydrogen-bond acceptors (Lipinski definition) is 2. The van der Waals surface area contributed by atoms with Crippen LogP contribution in [0.1, 0.15) is 22.9 Å². The predicted molar refractivity (Wildman–Crippen MR) is 68.0 cm³/mol. The minimum absolute atomic E-state index is 0.0103. The fourth-order valence-electron chi connectivity index (χ4n) is 2.03. The molecule has 0 aliphatic carbocycles. The number of aliphatic hydroxyl groups is 1. The summed E-state index contributed by atoms with van der Waals surface area (Å²) in [6.07, 6.45) is -1.29. The zero-order valence-corrected chi connectivity index (χ0v) is 11.2. The highest BCUT2D eigenvalue weighted by molar-refractivity contribution is 6.30. The first-order valence-corrected chi connectivity index (χ1v) is 6.09. The maximum atomic E-state index is 13.6. The summed E-state index contributed by atoms with van der Waals surface area (Å²) in [7, 11) is 1.66. The minimum Gasteiger partial charge on any atom is -0.388 e. The zero-order valence-electron chi connectivity index (χ0n) is 10.5. The molecule has 0 amide bonds. The van der Waals surface area contributed by atoms with Crippen molar-refractivity contribution in [3.63, 3.8) is 0 Å². The molecular weight excluding hydrogens is 274 g/mol. The average Bonchev–Trinajstić information content (AvgIpc) is 2.56. The van der Waals surface area contributed by atoms with Crippen molar-refractivity contribution in [3.05, 3.63) is 51.8 Å². The largest absolute Gasteiger partial charge is 0.388 e. The number of nitrogens with zero attached hydrogens (tertiary/aromatic N) is 2. The van der Waals surface area contributed by atoms with Crippen LogP contribution in [0.25, 0.3) is 0 Å². The summed E-state index contributed by atoms with van der Waals surface area (Å²) in [5.41, 5.74) is 0.865. The Kier molecular flexibility index (Phi) is 3.87. The van der Waals surface area contributed by atoms with E-state index in [1.54, 1.807) is 14.0 Å². The van der Waals surface area contributed by atoms with Crippen LogP contribution in [0.5, 0.6) is 0 Å². The molecule has 1 aromatic carbocycles. The Morgan fingerprint density at radius 1 is 1.37 bits per heavy atom. The van der Waals surface area contributed by atoms with E-state index in [0.717, 1.165) is 12.1 Å². The molecule has 102 valence electrons. The van der Waals surface area contributed by atoms with Gasteiger partial charge in [0, 0.05) is 19.0 Å². The zero-order chi connectivity index (χ0) is 14.2. The van der Waals surface area contributed by atoms with Gasteiger partial charge in [-0.1, -0.05) is 17.7 Å². The molecular formula is C13H13ClF2N2O. The van der Waals surface area contributed by atoms with Crippen LogP contribution in [0.3, 0.4) is 0 Å². The van der Waals surface area contributed by atoms with Crippen molar-refractivity contribution in [1.29, 1.82) is 0 Å². The number of rotatable bonds is 3. The molecule has 19 heavy (non-hydrogen) atoms. The first-order chi connectivity index (χ1) is 8.91. The smallest absolute Gasteiger partial charge is 0.131 e. The van der Waals surface area contributed by atoms with E-state index in [4.69, 9.17) is 11.6 Å². The number of benzene rings is 1. The van der Waals surface area contributed by atoms with Gasteiger partial charge < -0.3 is 5.11 Å². The van der Waals surface area contributed by atoms with E-state index in [9.17, 15) is 13.9 Å². The Labute approximate surface area is 114 Å². The molecule has 0 aliphatic heterocycles. The normalized spacial score (nSPS) is 12.7. The monoisotopic (exact) mass is 286 g/mol. The van der Waals surface area contributed by atoms with Crippen LogP contribution in [0.15, 0.2) is 18.2 Å². The van der Waals surface area contributed by atoms with Crippen LogP contribution in [-0.4, -0.2) is 14.9 Å². The number of hydrogen-bond donors (Lipinski definition) is 1. The fourth-order valence-corrected chi connectivity index (χ4v) is 2.28. The van der Waals surface area contributed by atoms with Crippen molar-refractivity contribution in [2.24, 2.45) is 7.05 Å². The molecule has 0 spiro atoms. The Balaban J connectivity index is 2.33. The third kappa shape index (κ3) is 2.62. The van der Waals surface area contributed by atoms with E-state index in [1.165, 1.54) is 10.7 Å². The Morgan fingerprint density at radius 3 is 2.42 bits per heavy atom. The van der Waals surface area contributed by atoms with E-state index < -0.39 is 17.7 Å². The Bertz CT molecular complexity index is 593. The second-order valence-corrected chi connectivity index (χ2v) is 4.69. The Hall–Kier alpha value is -1.46. The van der Waals surface area contributed by atoms with Crippen LogP contribution in [-0.2, 0) is 13.5 Å². The third-order valence-electron chi connectivity index (χ3n) is 3.00. The minimum atomic E-state index is -1.30. The third-order valence-corrected chi connectivity index (χ3v) is 3.47. The second-order valence-electron chi connectivity index (χ2n) is 4.33. The first kappa shape index (κ1) is 14.0. The SMILES string of the molecule is Cc1nn(C)c(Cl)c1CC(O)c1c(F)cccc1F. The molecule has 2 aromatic rings. The van der Waals surface area contributed by atoms with E-state index in [-0.39, 0.29) is 12.0 Å². The number of aliphatic hydroxyl groups excluding tert-OH is 1. The summed E-state index contributed by atoms with van der Waals surface area (Å²) < 4.78 is 28.6. The van der Waals surface area contributed by atoms with Gasteiger partial charge in [0.1, 0.15) is 16.8 Å².